The van der Waals surface area contributed by atoms with Crippen LogP contribution in [-0.2, 0) is 14.4 Å². The maximum absolute atomic E-state index is 12.6. The van der Waals surface area contributed by atoms with E-state index in [-0.39, 0.29) is 30.3 Å². The minimum Gasteiger partial charge on any atom is -0.477 e. The van der Waals surface area contributed by atoms with Gasteiger partial charge in [-0.1, -0.05) is 104 Å². The molecule has 3 N–H and O–H groups in total. The zero-order chi connectivity index (χ0) is 30.9. The zero-order valence-corrected chi connectivity index (χ0v) is 26.8. The second-order valence-electron chi connectivity index (χ2n) is 12.0. The van der Waals surface area contributed by atoms with Gasteiger partial charge in [-0.25, -0.2) is 14.4 Å². The number of allylic oxidation sites excluding steroid dienone is 1. The van der Waals surface area contributed by atoms with Crippen molar-refractivity contribution in [2.45, 2.75) is 180 Å². The fourth-order valence-corrected chi connectivity index (χ4v) is 6.62. The van der Waals surface area contributed by atoms with Gasteiger partial charge in [0.15, 0.2) is 18.1 Å². The number of aliphatic carboxylic acids is 3. The monoisotopic (exact) mass is 582 g/mol. The Balaban J connectivity index is 4.95. The van der Waals surface area contributed by atoms with Gasteiger partial charge in [0.05, 0.1) is 6.54 Å². The van der Waals surface area contributed by atoms with Crippen molar-refractivity contribution >= 4 is 17.9 Å². The average Bonchev–Trinajstić information content (AvgIpc) is 2.93. The molecule has 0 aliphatic carbocycles. The number of hydrogen-bond acceptors (Lipinski definition) is 3. The van der Waals surface area contributed by atoms with Crippen molar-refractivity contribution in [2.24, 2.45) is 0 Å². The van der Waals surface area contributed by atoms with E-state index < -0.39 is 36.0 Å². The number of nitrogens with zero attached hydrogens (tertiary/aromatic N) is 1. The van der Waals surface area contributed by atoms with Crippen LogP contribution < -0.4 is 0 Å². The largest absolute Gasteiger partial charge is 0.477 e. The van der Waals surface area contributed by atoms with Gasteiger partial charge in [0.25, 0.3) is 0 Å². The number of hydrogen-bond donors (Lipinski definition) is 3. The summed E-state index contributed by atoms with van der Waals surface area (Å²) < 4.78 is -0.371. The third kappa shape index (κ3) is 15.2. The van der Waals surface area contributed by atoms with Gasteiger partial charge in [0.2, 0.25) is 0 Å². The molecule has 240 valence electrons. The Labute approximate surface area is 251 Å². The summed E-state index contributed by atoms with van der Waals surface area (Å²) in [5.74, 6) is -3.25. The summed E-state index contributed by atoms with van der Waals surface area (Å²) in [4.78, 5) is 37.7. The molecule has 0 aliphatic heterocycles. The summed E-state index contributed by atoms with van der Waals surface area (Å²) in [6, 6.07) is -3.13. The molecule has 7 nitrogen and oxygen atoms in total. The standard InChI is InChI=1S/C34H63NO6/c1-5-9-10-11-12-13-14-15-16-17-18-19-20-21-22-23-24-28-35(29(25-6-2)32(36)37,30(26-7-3)33(38)39)31(27-8-4)34(40)41/h5,29-31H,1,6-28H2,2-4H3,(H2-,36,37,38,39,40,41)/p+1. The highest BCUT2D eigenvalue weighted by Gasteiger charge is 2.56. The third-order valence-corrected chi connectivity index (χ3v) is 8.74. The number of carbonyl (C=O) groups is 3. The van der Waals surface area contributed by atoms with Gasteiger partial charge < -0.3 is 15.3 Å². The van der Waals surface area contributed by atoms with Crippen LogP contribution in [0.15, 0.2) is 12.7 Å². The molecule has 0 fully saturated rings. The van der Waals surface area contributed by atoms with Crippen molar-refractivity contribution in [1.29, 1.82) is 0 Å². The fraction of sp³-hybridized carbons (Fsp3) is 0.853. The summed E-state index contributed by atoms with van der Waals surface area (Å²) in [6.07, 6.45) is 23.5. The fourth-order valence-electron chi connectivity index (χ4n) is 6.62. The minimum atomic E-state index is -1.08. The first-order valence-corrected chi connectivity index (χ1v) is 16.9. The van der Waals surface area contributed by atoms with Gasteiger partial charge in [-0.15, -0.1) is 6.58 Å². The van der Waals surface area contributed by atoms with E-state index >= 15 is 0 Å². The van der Waals surface area contributed by atoms with Crippen LogP contribution in [-0.4, -0.2) is 62.4 Å². The van der Waals surface area contributed by atoms with E-state index in [1.165, 1.54) is 70.6 Å². The molecule has 0 amide bonds. The number of unbranched alkanes of at least 4 members (excludes halogenated alkanes) is 15. The van der Waals surface area contributed by atoms with Crippen LogP contribution in [0.1, 0.15) is 162 Å². The van der Waals surface area contributed by atoms with Crippen molar-refractivity contribution in [1.82, 2.24) is 0 Å². The molecule has 0 radical (unpaired) electrons. The number of quaternary nitrogens is 1. The van der Waals surface area contributed by atoms with Crippen LogP contribution in [0.25, 0.3) is 0 Å². The molecular weight excluding hydrogens is 518 g/mol. The molecule has 0 saturated heterocycles. The second-order valence-corrected chi connectivity index (χ2v) is 12.0. The molecule has 7 heteroatoms. The number of carboxylic acid groups (broad SMARTS) is 3. The Morgan fingerprint density at radius 2 is 0.805 bits per heavy atom. The first-order valence-electron chi connectivity index (χ1n) is 16.9. The Hall–Kier alpha value is -1.89. The summed E-state index contributed by atoms with van der Waals surface area (Å²) >= 11 is 0. The molecule has 0 aromatic heterocycles. The van der Waals surface area contributed by atoms with E-state index in [0.29, 0.717) is 25.7 Å². The van der Waals surface area contributed by atoms with Gasteiger partial charge in [-0.3, -0.25) is 4.48 Å². The molecule has 0 spiro atoms. The Kier molecular flexibility index (Phi) is 23.5. The Morgan fingerprint density at radius 3 is 1.05 bits per heavy atom. The summed E-state index contributed by atoms with van der Waals surface area (Å²) in [6.45, 7) is 9.68. The summed E-state index contributed by atoms with van der Waals surface area (Å²) in [5, 5.41) is 30.8. The van der Waals surface area contributed by atoms with E-state index in [4.69, 9.17) is 0 Å². The Bertz CT molecular complexity index is 650. The van der Waals surface area contributed by atoms with E-state index in [1.54, 1.807) is 0 Å². The van der Waals surface area contributed by atoms with E-state index in [1.807, 2.05) is 26.8 Å². The van der Waals surface area contributed by atoms with Crippen LogP contribution >= 0.6 is 0 Å². The normalized spacial score (nSPS) is 15.1. The number of carboxylic acids is 3. The summed E-state index contributed by atoms with van der Waals surface area (Å²) in [5.41, 5.74) is 0. The predicted octanol–water partition coefficient (Wildman–Crippen LogP) is 8.99. The highest BCUT2D eigenvalue weighted by Crippen LogP contribution is 2.34. The van der Waals surface area contributed by atoms with Crippen LogP contribution in [0.4, 0.5) is 0 Å². The van der Waals surface area contributed by atoms with Gasteiger partial charge in [0.1, 0.15) is 0 Å². The van der Waals surface area contributed by atoms with Crippen molar-refractivity contribution < 1.29 is 34.2 Å². The second kappa shape index (κ2) is 24.7. The highest BCUT2D eigenvalue weighted by molar-refractivity contribution is 5.78. The lowest BCUT2D eigenvalue weighted by Crippen LogP contribution is -2.72. The van der Waals surface area contributed by atoms with Crippen LogP contribution in [0.5, 0.6) is 0 Å². The maximum Gasteiger partial charge on any atom is 0.362 e. The molecule has 0 aliphatic rings. The lowest BCUT2D eigenvalue weighted by molar-refractivity contribution is -0.973. The van der Waals surface area contributed by atoms with Crippen molar-refractivity contribution in [3.05, 3.63) is 12.7 Å². The van der Waals surface area contributed by atoms with Crippen LogP contribution in [0.3, 0.4) is 0 Å². The van der Waals surface area contributed by atoms with E-state index in [2.05, 4.69) is 6.58 Å². The van der Waals surface area contributed by atoms with Crippen LogP contribution in [0.2, 0.25) is 0 Å². The quantitative estimate of drug-likeness (QED) is 0.0443. The summed E-state index contributed by atoms with van der Waals surface area (Å²) in [7, 11) is 0. The third-order valence-electron chi connectivity index (χ3n) is 8.74. The highest BCUT2D eigenvalue weighted by atomic mass is 16.4. The molecule has 3 atom stereocenters. The molecular formula is C34H64NO6+. The smallest absolute Gasteiger partial charge is 0.362 e. The van der Waals surface area contributed by atoms with Gasteiger partial charge in [0, 0.05) is 19.3 Å². The number of rotatable bonds is 30. The first kappa shape index (κ1) is 39.1. The van der Waals surface area contributed by atoms with Gasteiger partial charge in [-0.05, 0) is 44.9 Å². The average molecular weight is 583 g/mol. The molecule has 0 heterocycles. The maximum atomic E-state index is 12.6. The molecule has 0 saturated carbocycles. The Morgan fingerprint density at radius 1 is 0.537 bits per heavy atom. The molecule has 0 aromatic carbocycles. The topological polar surface area (TPSA) is 112 Å². The predicted molar refractivity (Wildman–Crippen MR) is 168 cm³/mol. The SMILES string of the molecule is C=CCCCCCCCCCCCCCCCCC[N+](C(CCC)C(=O)O)(C(CCC)C(=O)O)C(CCC)C(=O)O. The van der Waals surface area contributed by atoms with Crippen molar-refractivity contribution in [3.63, 3.8) is 0 Å². The molecule has 3 unspecified atom stereocenters. The molecule has 41 heavy (non-hydrogen) atoms. The minimum absolute atomic E-state index is 0.270. The first-order chi connectivity index (χ1) is 19.7. The van der Waals surface area contributed by atoms with Crippen molar-refractivity contribution in [2.75, 3.05) is 6.54 Å². The molecule has 0 rings (SSSR count). The van der Waals surface area contributed by atoms with Crippen molar-refractivity contribution in [3.8, 4) is 0 Å². The lowest BCUT2D eigenvalue weighted by Gasteiger charge is -2.50. The van der Waals surface area contributed by atoms with E-state index in [0.717, 1.165) is 25.7 Å². The lowest BCUT2D eigenvalue weighted by atomic mass is 9.91. The zero-order valence-electron chi connectivity index (χ0n) is 26.8. The molecule has 0 bridgehead atoms. The van der Waals surface area contributed by atoms with E-state index in [9.17, 15) is 29.7 Å². The van der Waals surface area contributed by atoms with Crippen LogP contribution in [0, 0.1) is 0 Å². The van der Waals surface area contributed by atoms with Gasteiger partial charge in [-0.2, -0.15) is 0 Å². The molecule has 0 aromatic rings. The van der Waals surface area contributed by atoms with Gasteiger partial charge >= 0.3 is 17.9 Å².